The van der Waals surface area contributed by atoms with Gasteiger partial charge in [0, 0.05) is 44.3 Å². The van der Waals surface area contributed by atoms with Crippen LogP contribution in [0, 0.1) is 0 Å². The Labute approximate surface area is 366 Å². The van der Waals surface area contributed by atoms with Gasteiger partial charge in [-0.25, -0.2) is 0 Å². The second-order valence-electron chi connectivity index (χ2n) is 16.1. The fraction of sp³-hybridized carbons (Fsp3) is 0. The summed E-state index contributed by atoms with van der Waals surface area (Å²) in [6.45, 7) is 0. The van der Waals surface area contributed by atoms with Crippen LogP contribution in [0.3, 0.4) is 0 Å². The molecule has 3 heteroatoms. The van der Waals surface area contributed by atoms with Gasteiger partial charge in [-0.2, -0.15) is 0 Å². The maximum absolute atomic E-state index is 6.24. The summed E-state index contributed by atoms with van der Waals surface area (Å²) in [5.41, 5.74) is 18.0. The molecule has 12 aromatic rings. The molecule has 63 heavy (non-hydrogen) atoms. The molecular formula is C60H40N2O. The van der Waals surface area contributed by atoms with Crippen LogP contribution >= 0.6 is 0 Å². The van der Waals surface area contributed by atoms with E-state index in [9.17, 15) is 0 Å². The van der Waals surface area contributed by atoms with Crippen molar-refractivity contribution in [2.24, 2.45) is 0 Å². The number of furan rings is 1. The van der Waals surface area contributed by atoms with E-state index in [1.165, 1.54) is 49.6 Å². The van der Waals surface area contributed by atoms with E-state index in [-0.39, 0.29) is 0 Å². The van der Waals surface area contributed by atoms with Gasteiger partial charge in [0.15, 0.2) is 0 Å². The highest BCUT2D eigenvalue weighted by molar-refractivity contribution is 6.12. The van der Waals surface area contributed by atoms with Crippen molar-refractivity contribution in [3.05, 3.63) is 243 Å². The zero-order chi connectivity index (χ0) is 41.7. The molecule has 0 amide bonds. The molecule has 0 aliphatic heterocycles. The molecule has 0 radical (unpaired) electrons. The summed E-state index contributed by atoms with van der Waals surface area (Å²) < 4.78 is 8.60. The first-order chi connectivity index (χ1) is 31.2. The highest BCUT2D eigenvalue weighted by Gasteiger charge is 2.17. The minimum absolute atomic E-state index is 0.900. The van der Waals surface area contributed by atoms with Crippen LogP contribution in [0.5, 0.6) is 0 Å². The van der Waals surface area contributed by atoms with Crippen molar-refractivity contribution < 1.29 is 4.42 Å². The lowest BCUT2D eigenvalue weighted by atomic mass is 9.98. The summed E-state index contributed by atoms with van der Waals surface area (Å²) in [7, 11) is 0. The Hall–Kier alpha value is -8.40. The average molecular weight is 805 g/mol. The van der Waals surface area contributed by atoms with E-state index in [1.54, 1.807) is 0 Å². The lowest BCUT2D eigenvalue weighted by molar-refractivity contribution is 0.669. The largest absolute Gasteiger partial charge is 0.456 e. The first kappa shape index (κ1) is 36.5. The second-order valence-corrected chi connectivity index (χ2v) is 16.1. The maximum Gasteiger partial charge on any atom is 0.136 e. The van der Waals surface area contributed by atoms with Crippen molar-refractivity contribution >= 4 is 60.8 Å². The number of benzene rings is 10. The van der Waals surface area contributed by atoms with Gasteiger partial charge in [0.1, 0.15) is 11.2 Å². The highest BCUT2D eigenvalue weighted by Crippen LogP contribution is 2.41. The zero-order valence-electron chi connectivity index (χ0n) is 34.4. The van der Waals surface area contributed by atoms with Gasteiger partial charge in [-0.15, -0.1) is 0 Å². The summed E-state index contributed by atoms with van der Waals surface area (Å²) in [6, 6.07) is 87.0. The maximum atomic E-state index is 6.24. The van der Waals surface area contributed by atoms with Crippen molar-refractivity contribution in [2.45, 2.75) is 0 Å². The van der Waals surface area contributed by atoms with Crippen LogP contribution in [-0.2, 0) is 0 Å². The third kappa shape index (κ3) is 6.46. The van der Waals surface area contributed by atoms with Gasteiger partial charge in [-0.1, -0.05) is 164 Å². The van der Waals surface area contributed by atoms with Gasteiger partial charge in [-0.05, 0) is 123 Å². The van der Waals surface area contributed by atoms with Crippen LogP contribution < -0.4 is 4.90 Å². The van der Waals surface area contributed by atoms with Crippen LogP contribution in [0.4, 0.5) is 17.1 Å². The molecule has 2 aromatic heterocycles. The zero-order valence-corrected chi connectivity index (χ0v) is 34.4. The van der Waals surface area contributed by atoms with Crippen LogP contribution in [0.1, 0.15) is 0 Å². The van der Waals surface area contributed by atoms with E-state index in [1.807, 2.05) is 12.1 Å². The first-order valence-electron chi connectivity index (χ1n) is 21.5. The molecule has 0 atom stereocenters. The number of aromatic nitrogens is 1. The van der Waals surface area contributed by atoms with E-state index in [0.717, 1.165) is 61.4 Å². The smallest absolute Gasteiger partial charge is 0.136 e. The quantitative estimate of drug-likeness (QED) is 0.153. The molecular weight excluding hydrogens is 765 g/mol. The number of fused-ring (bicyclic) bond motifs is 6. The minimum atomic E-state index is 0.900. The molecule has 0 fully saturated rings. The number of para-hydroxylation sites is 3. The Bertz CT molecular complexity index is 3530. The fourth-order valence-electron chi connectivity index (χ4n) is 9.37. The van der Waals surface area contributed by atoms with Crippen molar-refractivity contribution in [2.75, 3.05) is 4.90 Å². The predicted molar refractivity (Wildman–Crippen MR) is 264 cm³/mol. The van der Waals surface area contributed by atoms with Gasteiger partial charge in [-0.3, -0.25) is 0 Å². The molecule has 0 saturated heterocycles. The molecule has 0 unspecified atom stereocenters. The third-order valence-corrected chi connectivity index (χ3v) is 12.4. The highest BCUT2D eigenvalue weighted by atomic mass is 16.3. The van der Waals surface area contributed by atoms with Gasteiger partial charge in [0.25, 0.3) is 0 Å². The molecule has 0 N–H and O–H groups in total. The third-order valence-electron chi connectivity index (χ3n) is 12.4. The van der Waals surface area contributed by atoms with E-state index < -0.39 is 0 Å². The van der Waals surface area contributed by atoms with Crippen molar-refractivity contribution in [3.63, 3.8) is 0 Å². The van der Waals surface area contributed by atoms with Crippen molar-refractivity contribution in [1.29, 1.82) is 0 Å². The lowest BCUT2D eigenvalue weighted by Gasteiger charge is -2.26. The molecule has 0 aliphatic carbocycles. The molecule has 10 aromatic carbocycles. The van der Waals surface area contributed by atoms with E-state index in [4.69, 9.17) is 4.42 Å². The lowest BCUT2D eigenvalue weighted by Crippen LogP contribution is -2.09. The van der Waals surface area contributed by atoms with Gasteiger partial charge < -0.3 is 13.9 Å². The molecule has 0 bridgehead atoms. The van der Waals surface area contributed by atoms with E-state index in [2.05, 4.69) is 240 Å². The Morgan fingerprint density at radius 2 is 0.730 bits per heavy atom. The molecule has 12 rings (SSSR count). The summed E-state index contributed by atoms with van der Waals surface area (Å²) in [4.78, 5) is 2.34. The van der Waals surface area contributed by atoms with Gasteiger partial charge in [0.2, 0.25) is 0 Å². The molecule has 3 nitrogen and oxygen atoms in total. The summed E-state index contributed by atoms with van der Waals surface area (Å²) in [6.07, 6.45) is 0. The summed E-state index contributed by atoms with van der Waals surface area (Å²) in [5, 5.41) is 4.81. The van der Waals surface area contributed by atoms with Crippen molar-refractivity contribution in [1.82, 2.24) is 4.57 Å². The Balaban J connectivity index is 0.873. The summed E-state index contributed by atoms with van der Waals surface area (Å²) in [5.74, 6) is 0. The molecule has 0 saturated carbocycles. The van der Waals surface area contributed by atoms with Crippen LogP contribution in [0.2, 0.25) is 0 Å². The summed E-state index contributed by atoms with van der Waals surface area (Å²) >= 11 is 0. The SMILES string of the molecule is c1ccc(-c2ccc(N(c3ccc(-c4cccc(-c5ccc(-n6c7ccccc7c7ccccc76)cc5)c4)cc3)c3ccc(-c4cccc5oc6ccccc6c45)cc3)cc2)cc1. The number of hydrogen-bond donors (Lipinski definition) is 0. The molecule has 0 aliphatic rings. The van der Waals surface area contributed by atoms with Gasteiger partial charge >= 0.3 is 0 Å². The molecule has 0 spiro atoms. The second kappa shape index (κ2) is 15.3. The monoisotopic (exact) mass is 804 g/mol. The normalized spacial score (nSPS) is 11.5. The Kier molecular flexibility index (Phi) is 8.83. The van der Waals surface area contributed by atoms with E-state index in [0.29, 0.717) is 0 Å². The van der Waals surface area contributed by atoms with Crippen molar-refractivity contribution in [3.8, 4) is 50.2 Å². The average Bonchev–Trinajstić information content (AvgIpc) is 3.91. The minimum Gasteiger partial charge on any atom is -0.456 e. The Morgan fingerprint density at radius 3 is 1.33 bits per heavy atom. The number of anilines is 3. The predicted octanol–water partition coefficient (Wildman–Crippen LogP) is 16.8. The number of rotatable bonds is 8. The van der Waals surface area contributed by atoms with E-state index >= 15 is 0 Å². The van der Waals surface area contributed by atoms with Crippen LogP contribution in [-0.4, -0.2) is 4.57 Å². The van der Waals surface area contributed by atoms with Crippen LogP contribution in [0.25, 0.3) is 93.9 Å². The fourth-order valence-corrected chi connectivity index (χ4v) is 9.37. The topological polar surface area (TPSA) is 21.3 Å². The molecule has 296 valence electrons. The number of nitrogens with zero attached hydrogens (tertiary/aromatic N) is 2. The number of hydrogen-bond acceptors (Lipinski definition) is 2. The van der Waals surface area contributed by atoms with Crippen LogP contribution in [0.15, 0.2) is 247 Å². The Morgan fingerprint density at radius 1 is 0.302 bits per heavy atom. The first-order valence-corrected chi connectivity index (χ1v) is 21.5. The standard InChI is InChI=1S/C60H40N2O/c1-2-12-41(13-3-1)42-24-32-48(33-25-42)61(50-38-30-45(31-39-50)52-19-11-23-59-60(52)55-18-6-9-22-58(55)63-59)49-34-26-43(27-35-49)46-14-10-15-47(40-46)44-28-36-51(37-29-44)62-56-20-7-4-16-53(56)54-17-5-8-21-57(54)62/h1-40H. The molecule has 2 heterocycles. The van der Waals surface area contributed by atoms with Gasteiger partial charge in [0.05, 0.1) is 11.0 Å².